The minimum atomic E-state index is 0.00525. The van der Waals surface area contributed by atoms with E-state index >= 15 is 0 Å². The lowest BCUT2D eigenvalue weighted by molar-refractivity contribution is 0.0956. The van der Waals surface area contributed by atoms with Crippen LogP contribution in [0.5, 0.6) is 0 Å². The third-order valence-corrected chi connectivity index (χ3v) is 4.30. The van der Waals surface area contributed by atoms with Gasteiger partial charge in [-0.3, -0.25) is 4.79 Å². The molecule has 0 unspecified atom stereocenters. The number of rotatable bonds is 5. The number of benzene rings is 1. The molecule has 1 amide bonds. The Morgan fingerprint density at radius 2 is 2.05 bits per heavy atom. The Morgan fingerprint density at radius 1 is 1.35 bits per heavy atom. The van der Waals surface area contributed by atoms with E-state index in [2.05, 4.69) is 31.4 Å². The standard InChI is InChI=1S/C17H26N2O/c1-5-18-17(20)13-6-7-16(12(4)8-13)19-15-9-14(10-15)11(2)3/h6-8,11,14-15,19H,5,9-10H2,1-4H3,(H,18,20). The monoisotopic (exact) mass is 274 g/mol. The van der Waals surface area contributed by atoms with Gasteiger partial charge in [0.15, 0.2) is 0 Å². The first kappa shape index (κ1) is 14.9. The van der Waals surface area contributed by atoms with Gasteiger partial charge < -0.3 is 10.6 Å². The molecule has 3 nitrogen and oxygen atoms in total. The maximum absolute atomic E-state index is 11.8. The smallest absolute Gasteiger partial charge is 0.251 e. The number of carbonyl (C=O) groups excluding carboxylic acids is 1. The van der Waals surface area contributed by atoms with Crippen molar-refractivity contribution in [3.63, 3.8) is 0 Å². The molecule has 0 radical (unpaired) electrons. The van der Waals surface area contributed by atoms with Crippen molar-refractivity contribution >= 4 is 11.6 Å². The molecule has 1 fully saturated rings. The van der Waals surface area contributed by atoms with Crippen molar-refractivity contribution in [2.24, 2.45) is 11.8 Å². The number of carbonyl (C=O) groups is 1. The molecule has 2 rings (SSSR count). The molecular formula is C17H26N2O. The Morgan fingerprint density at radius 3 is 2.60 bits per heavy atom. The molecule has 1 aromatic rings. The van der Waals surface area contributed by atoms with Gasteiger partial charge in [0.2, 0.25) is 0 Å². The van der Waals surface area contributed by atoms with Crippen LogP contribution in [0.4, 0.5) is 5.69 Å². The molecule has 0 bridgehead atoms. The lowest BCUT2D eigenvalue weighted by Crippen LogP contribution is -2.38. The van der Waals surface area contributed by atoms with Crippen molar-refractivity contribution in [1.82, 2.24) is 5.32 Å². The predicted octanol–water partition coefficient (Wildman–Crippen LogP) is 3.59. The van der Waals surface area contributed by atoms with E-state index in [1.807, 2.05) is 25.1 Å². The number of aryl methyl sites for hydroxylation is 1. The summed E-state index contributed by atoms with van der Waals surface area (Å²) >= 11 is 0. The highest BCUT2D eigenvalue weighted by molar-refractivity contribution is 5.94. The summed E-state index contributed by atoms with van der Waals surface area (Å²) in [4.78, 5) is 11.8. The van der Waals surface area contributed by atoms with E-state index in [1.54, 1.807) is 0 Å². The van der Waals surface area contributed by atoms with Gasteiger partial charge in [-0.05, 0) is 62.3 Å². The molecule has 110 valence electrons. The average Bonchev–Trinajstić information content (AvgIpc) is 2.34. The molecule has 0 aromatic heterocycles. The van der Waals surface area contributed by atoms with Gasteiger partial charge in [-0.2, -0.15) is 0 Å². The fourth-order valence-electron chi connectivity index (χ4n) is 2.77. The fraction of sp³-hybridized carbons (Fsp3) is 0.588. The van der Waals surface area contributed by atoms with Gasteiger partial charge in [-0.1, -0.05) is 13.8 Å². The van der Waals surface area contributed by atoms with Gasteiger partial charge >= 0.3 is 0 Å². The van der Waals surface area contributed by atoms with E-state index in [0.717, 1.165) is 28.7 Å². The Balaban J connectivity index is 1.95. The van der Waals surface area contributed by atoms with Gasteiger partial charge in [0.1, 0.15) is 0 Å². The summed E-state index contributed by atoms with van der Waals surface area (Å²) in [5.41, 5.74) is 3.04. The Kier molecular flexibility index (Phi) is 4.69. The quantitative estimate of drug-likeness (QED) is 0.861. The summed E-state index contributed by atoms with van der Waals surface area (Å²) in [6.07, 6.45) is 2.52. The van der Waals surface area contributed by atoms with Gasteiger partial charge in [0.05, 0.1) is 0 Å². The summed E-state index contributed by atoms with van der Waals surface area (Å²) < 4.78 is 0. The highest BCUT2D eigenvalue weighted by atomic mass is 16.1. The lowest BCUT2D eigenvalue weighted by atomic mass is 9.73. The van der Waals surface area contributed by atoms with Crippen LogP contribution < -0.4 is 10.6 Å². The van der Waals surface area contributed by atoms with E-state index in [1.165, 1.54) is 12.8 Å². The zero-order chi connectivity index (χ0) is 14.7. The molecule has 0 saturated heterocycles. The highest BCUT2D eigenvalue weighted by Crippen LogP contribution is 2.36. The summed E-state index contributed by atoms with van der Waals surface area (Å²) in [7, 11) is 0. The van der Waals surface area contributed by atoms with Crippen LogP contribution >= 0.6 is 0 Å². The molecule has 2 N–H and O–H groups in total. The van der Waals surface area contributed by atoms with E-state index in [4.69, 9.17) is 0 Å². The van der Waals surface area contributed by atoms with Gasteiger partial charge in [-0.25, -0.2) is 0 Å². The SMILES string of the molecule is CCNC(=O)c1ccc(NC2CC(C(C)C)C2)c(C)c1. The third kappa shape index (κ3) is 3.33. The van der Waals surface area contributed by atoms with Crippen LogP contribution in [0.15, 0.2) is 18.2 Å². The van der Waals surface area contributed by atoms with Crippen molar-refractivity contribution in [3.05, 3.63) is 29.3 Å². The summed E-state index contributed by atoms with van der Waals surface area (Å²) in [5, 5.41) is 6.43. The van der Waals surface area contributed by atoms with Crippen molar-refractivity contribution < 1.29 is 4.79 Å². The number of amides is 1. The second-order valence-corrected chi connectivity index (χ2v) is 6.21. The van der Waals surface area contributed by atoms with E-state index in [-0.39, 0.29) is 5.91 Å². The third-order valence-electron chi connectivity index (χ3n) is 4.30. The molecule has 1 aliphatic rings. The number of anilines is 1. The van der Waals surface area contributed by atoms with E-state index in [9.17, 15) is 4.79 Å². The minimum Gasteiger partial charge on any atom is -0.382 e. The largest absolute Gasteiger partial charge is 0.382 e. The van der Waals surface area contributed by atoms with Gasteiger partial charge in [0, 0.05) is 23.8 Å². The van der Waals surface area contributed by atoms with Crippen LogP contribution in [0.25, 0.3) is 0 Å². The lowest BCUT2D eigenvalue weighted by Gasteiger charge is -2.39. The molecule has 1 saturated carbocycles. The second-order valence-electron chi connectivity index (χ2n) is 6.21. The summed E-state index contributed by atoms with van der Waals surface area (Å²) in [5.74, 6) is 1.65. The maximum atomic E-state index is 11.8. The zero-order valence-electron chi connectivity index (χ0n) is 13.0. The number of hydrogen-bond donors (Lipinski definition) is 2. The molecule has 3 heteroatoms. The highest BCUT2D eigenvalue weighted by Gasteiger charge is 2.31. The van der Waals surface area contributed by atoms with E-state index < -0.39 is 0 Å². The van der Waals surface area contributed by atoms with Crippen LogP contribution in [0.1, 0.15) is 49.5 Å². The summed E-state index contributed by atoms with van der Waals surface area (Å²) in [6, 6.07) is 6.49. The maximum Gasteiger partial charge on any atom is 0.251 e. The first-order chi connectivity index (χ1) is 9.51. The second kappa shape index (κ2) is 6.29. The fourth-order valence-corrected chi connectivity index (χ4v) is 2.77. The molecule has 0 spiro atoms. The first-order valence-electron chi connectivity index (χ1n) is 7.66. The molecular weight excluding hydrogens is 248 g/mol. The molecule has 0 atom stereocenters. The van der Waals surface area contributed by atoms with Gasteiger partial charge in [0.25, 0.3) is 5.91 Å². The van der Waals surface area contributed by atoms with Crippen LogP contribution in [0, 0.1) is 18.8 Å². The normalized spacial score (nSPS) is 21.4. The number of hydrogen-bond acceptors (Lipinski definition) is 2. The number of nitrogens with one attached hydrogen (secondary N) is 2. The van der Waals surface area contributed by atoms with Crippen molar-refractivity contribution in [2.75, 3.05) is 11.9 Å². The van der Waals surface area contributed by atoms with Crippen LogP contribution in [0.2, 0.25) is 0 Å². The summed E-state index contributed by atoms with van der Waals surface area (Å²) in [6.45, 7) is 9.25. The molecule has 1 aromatic carbocycles. The van der Waals surface area contributed by atoms with Crippen LogP contribution in [0.3, 0.4) is 0 Å². The molecule has 0 aliphatic heterocycles. The zero-order valence-corrected chi connectivity index (χ0v) is 13.0. The Hall–Kier alpha value is -1.51. The Bertz CT molecular complexity index is 476. The Labute approximate surface area is 122 Å². The molecule has 20 heavy (non-hydrogen) atoms. The van der Waals surface area contributed by atoms with Crippen molar-refractivity contribution in [3.8, 4) is 0 Å². The van der Waals surface area contributed by atoms with Crippen molar-refractivity contribution in [2.45, 2.75) is 46.6 Å². The van der Waals surface area contributed by atoms with Crippen molar-refractivity contribution in [1.29, 1.82) is 0 Å². The van der Waals surface area contributed by atoms with Gasteiger partial charge in [-0.15, -0.1) is 0 Å². The van der Waals surface area contributed by atoms with Crippen LogP contribution in [-0.4, -0.2) is 18.5 Å². The molecule has 1 aliphatic carbocycles. The molecule has 0 heterocycles. The average molecular weight is 274 g/mol. The first-order valence-corrected chi connectivity index (χ1v) is 7.66. The predicted molar refractivity (Wildman–Crippen MR) is 84.2 cm³/mol. The topological polar surface area (TPSA) is 41.1 Å². The van der Waals surface area contributed by atoms with E-state index in [0.29, 0.717) is 12.6 Å². The minimum absolute atomic E-state index is 0.00525. The van der Waals surface area contributed by atoms with Crippen LogP contribution in [-0.2, 0) is 0 Å².